The summed E-state index contributed by atoms with van der Waals surface area (Å²) < 4.78 is 0. The maximum atomic E-state index is 3.91. The standard InChI is InChI=1S/C16H27N/c1-4-13-12-9-15(14(13)5-1)16(10-12)17-8-2-3-11-6-7-11/h11-17H,1-10H2. The van der Waals surface area contributed by atoms with Gasteiger partial charge in [-0.1, -0.05) is 19.3 Å². The molecule has 0 amide bonds. The van der Waals surface area contributed by atoms with Crippen molar-refractivity contribution < 1.29 is 0 Å². The monoisotopic (exact) mass is 233 g/mol. The minimum atomic E-state index is 0.915. The number of rotatable bonds is 5. The average molecular weight is 233 g/mol. The molecular weight excluding hydrogens is 206 g/mol. The van der Waals surface area contributed by atoms with E-state index in [0.717, 1.165) is 35.6 Å². The van der Waals surface area contributed by atoms with Gasteiger partial charge in [0.05, 0.1) is 0 Å². The number of nitrogens with one attached hydrogen (secondary N) is 1. The lowest BCUT2D eigenvalue weighted by Crippen LogP contribution is -2.39. The predicted molar refractivity (Wildman–Crippen MR) is 70.8 cm³/mol. The van der Waals surface area contributed by atoms with E-state index in [1.54, 1.807) is 19.3 Å². The van der Waals surface area contributed by atoms with Gasteiger partial charge in [-0.15, -0.1) is 0 Å². The summed E-state index contributed by atoms with van der Waals surface area (Å²) in [5.74, 6) is 5.61. The Morgan fingerprint density at radius 3 is 2.65 bits per heavy atom. The Hall–Kier alpha value is -0.0400. The smallest absolute Gasteiger partial charge is 0.0101 e. The van der Waals surface area contributed by atoms with Gasteiger partial charge in [-0.05, 0) is 74.7 Å². The van der Waals surface area contributed by atoms with Gasteiger partial charge in [0.1, 0.15) is 0 Å². The second kappa shape index (κ2) is 4.26. The molecule has 0 spiro atoms. The number of hydrogen-bond acceptors (Lipinski definition) is 1. The molecule has 0 saturated heterocycles. The van der Waals surface area contributed by atoms with Crippen molar-refractivity contribution in [1.82, 2.24) is 5.32 Å². The minimum absolute atomic E-state index is 0.915. The van der Waals surface area contributed by atoms with E-state index in [9.17, 15) is 0 Å². The zero-order valence-electron chi connectivity index (χ0n) is 11.0. The quantitative estimate of drug-likeness (QED) is 0.716. The summed E-state index contributed by atoms with van der Waals surface area (Å²) >= 11 is 0. The first-order valence-corrected chi connectivity index (χ1v) is 8.15. The predicted octanol–water partition coefficient (Wildman–Crippen LogP) is 3.59. The van der Waals surface area contributed by atoms with Crippen LogP contribution in [0.4, 0.5) is 0 Å². The van der Waals surface area contributed by atoms with Crippen molar-refractivity contribution in [3.63, 3.8) is 0 Å². The second-order valence-electron chi connectivity index (χ2n) is 7.30. The Morgan fingerprint density at radius 2 is 1.76 bits per heavy atom. The van der Waals surface area contributed by atoms with Crippen LogP contribution < -0.4 is 5.32 Å². The zero-order chi connectivity index (χ0) is 11.2. The Labute approximate surface area is 106 Å². The normalized spacial score (nSPS) is 47.6. The molecule has 96 valence electrons. The molecule has 2 bridgehead atoms. The first kappa shape index (κ1) is 10.8. The Morgan fingerprint density at radius 1 is 0.882 bits per heavy atom. The molecule has 4 aliphatic carbocycles. The maximum Gasteiger partial charge on any atom is 0.0101 e. The van der Waals surface area contributed by atoms with Crippen LogP contribution in [0.25, 0.3) is 0 Å². The Kier molecular flexibility index (Phi) is 2.72. The first-order valence-electron chi connectivity index (χ1n) is 8.15. The molecular formula is C16H27N. The van der Waals surface area contributed by atoms with Crippen LogP contribution in [0.1, 0.15) is 57.8 Å². The van der Waals surface area contributed by atoms with E-state index in [1.165, 1.54) is 45.1 Å². The average Bonchev–Trinajstić information content (AvgIpc) is 2.79. The molecule has 5 atom stereocenters. The summed E-state index contributed by atoms with van der Waals surface area (Å²) in [6.45, 7) is 1.31. The number of fused-ring (bicyclic) bond motifs is 5. The van der Waals surface area contributed by atoms with Crippen molar-refractivity contribution in [2.75, 3.05) is 6.54 Å². The molecule has 0 aromatic carbocycles. The molecule has 4 fully saturated rings. The van der Waals surface area contributed by atoms with E-state index in [4.69, 9.17) is 0 Å². The van der Waals surface area contributed by atoms with Gasteiger partial charge in [-0.3, -0.25) is 0 Å². The van der Waals surface area contributed by atoms with Crippen molar-refractivity contribution >= 4 is 0 Å². The third kappa shape index (κ3) is 1.95. The summed E-state index contributed by atoms with van der Waals surface area (Å²) in [7, 11) is 0. The molecule has 0 heterocycles. The van der Waals surface area contributed by atoms with Gasteiger partial charge >= 0.3 is 0 Å². The fraction of sp³-hybridized carbons (Fsp3) is 1.00. The molecule has 0 aromatic heterocycles. The summed E-state index contributed by atoms with van der Waals surface area (Å²) in [4.78, 5) is 0. The van der Waals surface area contributed by atoms with Gasteiger partial charge in [0, 0.05) is 6.04 Å². The molecule has 0 aromatic rings. The summed E-state index contributed by atoms with van der Waals surface area (Å²) in [6, 6.07) is 0.915. The van der Waals surface area contributed by atoms with Crippen LogP contribution in [-0.4, -0.2) is 12.6 Å². The van der Waals surface area contributed by atoms with Crippen molar-refractivity contribution in [2.45, 2.75) is 63.8 Å². The van der Waals surface area contributed by atoms with E-state index >= 15 is 0 Å². The van der Waals surface area contributed by atoms with Gasteiger partial charge in [0.15, 0.2) is 0 Å². The van der Waals surface area contributed by atoms with Gasteiger partial charge < -0.3 is 5.32 Å². The maximum absolute atomic E-state index is 3.91. The molecule has 0 radical (unpaired) electrons. The SMILES string of the molecule is C(CNC1CC2CC1C1CCCC21)CC1CC1. The van der Waals surface area contributed by atoms with Crippen LogP contribution in [-0.2, 0) is 0 Å². The highest BCUT2D eigenvalue weighted by atomic mass is 14.9. The molecule has 0 aliphatic heterocycles. The van der Waals surface area contributed by atoms with Crippen LogP contribution in [0.2, 0.25) is 0 Å². The van der Waals surface area contributed by atoms with Crippen LogP contribution in [0.15, 0.2) is 0 Å². The fourth-order valence-corrected chi connectivity index (χ4v) is 5.39. The third-order valence-electron chi connectivity index (χ3n) is 6.32. The largest absolute Gasteiger partial charge is 0.314 e. The van der Waals surface area contributed by atoms with Crippen LogP contribution in [0.5, 0.6) is 0 Å². The van der Waals surface area contributed by atoms with E-state index < -0.39 is 0 Å². The summed E-state index contributed by atoms with van der Waals surface area (Å²) in [6.07, 6.45) is 13.8. The Balaban J connectivity index is 1.26. The highest BCUT2D eigenvalue weighted by Crippen LogP contribution is 2.58. The highest BCUT2D eigenvalue weighted by Gasteiger charge is 2.53. The van der Waals surface area contributed by atoms with Crippen molar-refractivity contribution in [2.24, 2.45) is 29.6 Å². The number of hydrogen-bond donors (Lipinski definition) is 1. The zero-order valence-corrected chi connectivity index (χ0v) is 11.0. The van der Waals surface area contributed by atoms with Crippen LogP contribution in [0.3, 0.4) is 0 Å². The van der Waals surface area contributed by atoms with Gasteiger partial charge in [-0.2, -0.15) is 0 Å². The van der Waals surface area contributed by atoms with Crippen molar-refractivity contribution in [1.29, 1.82) is 0 Å². The van der Waals surface area contributed by atoms with Crippen molar-refractivity contribution in [3.05, 3.63) is 0 Å². The van der Waals surface area contributed by atoms with E-state index in [-0.39, 0.29) is 0 Å². The van der Waals surface area contributed by atoms with E-state index in [1.807, 2.05) is 0 Å². The van der Waals surface area contributed by atoms with Gasteiger partial charge in [0.25, 0.3) is 0 Å². The topological polar surface area (TPSA) is 12.0 Å². The second-order valence-corrected chi connectivity index (χ2v) is 7.30. The molecule has 1 heteroatoms. The lowest BCUT2D eigenvalue weighted by molar-refractivity contribution is 0.208. The van der Waals surface area contributed by atoms with Gasteiger partial charge in [-0.25, -0.2) is 0 Å². The van der Waals surface area contributed by atoms with Crippen LogP contribution in [0, 0.1) is 29.6 Å². The summed E-state index contributed by atoms with van der Waals surface area (Å²) in [5, 5.41) is 3.91. The molecule has 4 saturated carbocycles. The Bertz CT molecular complexity index is 283. The minimum Gasteiger partial charge on any atom is -0.314 e. The first-order chi connectivity index (χ1) is 8.42. The van der Waals surface area contributed by atoms with Crippen LogP contribution >= 0.6 is 0 Å². The van der Waals surface area contributed by atoms with Crippen molar-refractivity contribution in [3.8, 4) is 0 Å². The van der Waals surface area contributed by atoms with Gasteiger partial charge in [0.2, 0.25) is 0 Å². The van der Waals surface area contributed by atoms with E-state index in [2.05, 4.69) is 5.32 Å². The molecule has 4 aliphatic rings. The summed E-state index contributed by atoms with van der Waals surface area (Å²) in [5.41, 5.74) is 0. The highest BCUT2D eigenvalue weighted by molar-refractivity contribution is 5.05. The molecule has 17 heavy (non-hydrogen) atoms. The molecule has 1 N–H and O–H groups in total. The fourth-order valence-electron chi connectivity index (χ4n) is 5.39. The third-order valence-corrected chi connectivity index (χ3v) is 6.32. The molecule has 1 nitrogen and oxygen atoms in total. The molecule has 5 unspecified atom stereocenters. The lowest BCUT2D eigenvalue weighted by Gasteiger charge is -2.32. The lowest BCUT2D eigenvalue weighted by atomic mass is 9.79. The van der Waals surface area contributed by atoms with E-state index in [0.29, 0.717) is 0 Å². The molecule has 4 rings (SSSR count).